The molecule has 1 heterocycles. The van der Waals surface area contributed by atoms with Gasteiger partial charge in [0, 0.05) is 0 Å². The van der Waals surface area contributed by atoms with Crippen LogP contribution in [-0.4, -0.2) is 41.2 Å². The number of nitrogens with one attached hydrogen (secondary N) is 1. The highest BCUT2D eigenvalue weighted by Crippen LogP contribution is 2.26. The maximum absolute atomic E-state index is 12.8. The normalized spacial score (nSPS) is 14.7. The van der Waals surface area contributed by atoms with Crippen molar-refractivity contribution in [3.8, 4) is 0 Å². The van der Waals surface area contributed by atoms with E-state index in [9.17, 15) is 19.2 Å². The van der Waals surface area contributed by atoms with E-state index < -0.39 is 36.3 Å². The first-order valence-corrected chi connectivity index (χ1v) is 10.4. The number of amides is 3. The number of unbranched alkanes of at least 4 members (excludes halogenated alkanes) is 1. The lowest BCUT2D eigenvalue weighted by atomic mass is 10.1. The number of carbonyl (C=O) groups is 4. The first-order chi connectivity index (χ1) is 14.9. The second-order valence-electron chi connectivity index (χ2n) is 7.49. The lowest BCUT2D eigenvalue weighted by Crippen LogP contribution is -2.46. The van der Waals surface area contributed by atoms with Gasteiger partial charge in [0.05, 0.1) is 17.2 Å². The summed E-state index contributed by atoms with van der Waals surface area (Å²) in [6.07, 6.45) is 1.69. The van der Waals surface area contributed by atoms with Crippen molar-refractivity contribution in [1.82, 2.24) is 10.2 Å². The molecule has 0 aromatic heterocycles. The van der Waals surface area contributed by atoms with Gasteiger partial charge >= 0.3 is 5.97 Å². The van der Waals surface area contributed by atoms with Crippen LogP contribution in [0, 0.1) is 0 Å². The van der Waals surface area contributed by atoms with Crippen molar-refractivity contribution < 1.29 is 23.9 Å². The van der Waals surface area contributed by atoms with Crippen molar-refractivity contribution in [2.75, 3.05) is 6.61 Å². The zero-order valence-corrected chi connectivity index (χ0v) is 17.7. The average molecular weight is 422 g/mol. The van der Waals surface area contributed by atoms with Crippen LogP contribution >= 0.6 is 0 Å². The first kappa shape index (κ1) is 22.2. The quantitative estimate of drug-likeness (QED) is 0.495. The number of hydrogen-bond acceptors (Lipinski definition) is 5. The Bertz CT molecular complexity index is 938. The highest BCUT2D eigenvalue weighted by Gasteiger charge is 2.43. The molecular formula is C24H26N2O5. The van der Waals surface area contributed by atoms with Crippen molar-refractivity contribution in [3.63, 3.8) is 0 Å². The summed E-state index contributed by atoms with van der Waals surface area (Å²) < 4.78 is 5.21. The molecule has 1 aliphatic heterocycles. The van der Waals surface area contributed by atoms with E-state index in [0.29, 0.717) is 6.42 Å². The van der Waals surface area contributed by atoms with E-state index in [1.54, 1.807) is 24.3 Å². The Hall–Kier alpha value is -3.48. The number of rotatable bonds is 9. The summed E-state index contributed by atoms with van der Waals surface area (Å²) in [6.45, 7) is 3.29. The third kappa shape index (κ3) is 4.99. The van der Waals surface area contributed by atoms with Gasteiger partial charge in [-0.1, -0.05) is 62.2 Å². The van der Waals surface area contributed by atoms with E-state index in [2.05, 4.69) is 5.32 Å². The summed E-state index contributed by atoms with van der Waals surface area (Å²) in [5.74, 6) is -2.24. The van der Waals surface area contributed by atoms with E-state index in [4.69, 9.17) is 4.74 Å². The number of benzene rings is 2. The lowest BCUT2D eigenvalue weighted by Gasteiger charge is -2.24. The van der Waals surface area contributed by atoms with Crippen LogP contribution < -0.4 is 5.32 Å². The van der Waals surface area contributed by atoms with Crippen LogP contribution in [0.4, 0.5) is 0 Å². The zero-order valence-electron chi connectivity index (χ0n) is 17.7. The molecule has 0 bridgehead atoms. The van der Waals surface area contributed by atoms with Gasteiger partial charge < -0.3 is 10.1 Å². The molecule has 0 fully saturated rings. The standard InChI is InChI=1S/C24H26N2O5/c1-3-4-14-20(26-22(28)18-12-8-9-13-19(18)23(26)29)24(30)31-15-21(27)25-16(2)17-10-6-5-7-11-17/h5-13,16,20H,3-4,14-15H2,1-2H3,(H,25,27)/t16-,20+/m0/s1. The number of fused-ring (bicyclic) bond motifs is 1. The Morgan fingerprint density at radius 2 is 1.55 bits per heavy atom. The number of hydrogen-bond donors (Lipinski definition) is 1. The Morgan fingerprint density at radius 1 is 0.968 bits per heavy atom. The molecule has 3 amide bonds. The lowest BCUT2D eigenvalue weighted by molar-refractivity contribution is -0.152. The van der Waals surface area contributed by atoms with Crippen LogP contribution in [0.25, 0.3) is 0 Å². The molecule has 162 valence electrons. The predicted molar refractivity (Wildman–Crippen MR) is 114 cm³/mol. The number of ether oxygens (including phenoxy) is 1. The average Bonchev–Trinajstić information content (AvgIpc) is 3.04. The van der Waals surface area contributed by atoms with E-state index >= 15 is 0 Å². The number of nitrogens with zero attached hydrogens (tertiary/aromatic N) is 1. The summed E-state index contributed by atoms with van der Waals surface area (Å²) >= 11 is 0. The summed E-state index contributed by atoms with van der Waals surface area (Å²) in [5, 5.41) is 2.77. The minimum atomic E-state index is -1.06. The minimum absolute atomic E-state index is 0.250. The van der Waals surface area contributed by atoms with E-state index in [1.165, 1.54) is 0 Å². The SMILES string of the molecule is CCCC[C@H](C(=O)OCC(=O)N[C@@H](C)c1ccccc1)N1C(=O)c2ccccc2C1=O. The molecule has 2 aromatic rings. The van der Waals surface area contributed by atoms with Gasteiger partial charge in [0.15, 0.2) is 6.61 Å². The van der Waals surface area contributed by atoms with Crippen molar-refractivity contribution in [2.24, 2.45) is 0 Å². The summed E-state index contributed by atoms with van der Waals surface area (Å²) in [4.78, 5) is 51.6. The third-order valence-electron chi connectivity index (χ3n) is 5.26. The number of esters is 1. The smallest absolute Gasteiger partial charge is 0.329 e. The molecule has 1 N–H and O–H groups in total. The topological polar surface area (TPSA) is 92.8 Å². The van der Waals surface area contributed by atoms with Crippen molar-refractivity contribution in [2.45, 2.75) is 45.2 Å². The first-order valence-electron chi connectivity index (χ1n) is 10.4. The van der Waals surface area contributed by atoms with Gasteiger partial charge in [-0.05, 0) is 31.0 Å². The largest absolute Gasteiger partial charge is 0.454 e. The van der Waals surface area contributed by atoms with Gasteiger partial charge in [-0.25, -0.2) is 4.79 Å². The van der Waals surface area contributed by atoms with Crippen LogP contribution in [0.15, 0.2) is 54.6 Å². The molecule has 3 rings (SSSR count). The molecule has 0 aliphatic carbocycles. The zero-order chi connectivity index (χ0) is 22.4. The summed E-state index contributed by atoms with van der Waals surface area (Å²) in [6, 6.07) is 14.6. The number of carbonyl (C=O) groups excluding carboxylic acids is 4. The van der Waals surface area contributed by atoms with Crippen LogP contribution in [0.5, 0.6) is 0 Å². The molecule has 0 saturated heterocycles. The maximum atomic E-state index is 12.8. The molecule has 1 aliphatic rings. The summed E-state index contributed by atoms with van der Waals surface area (Å²) in [7, 11) is 0. The third-order valence-corrected chi connectivity index (χ3v) is 5.26. The molecule has 0 saturated carbocycles. The molecule has 31 heavy (non-hydrogen) atoms. The molecular weight excluding hydrogens is 396 g/mol. The fraction of sp³-hybridized carbons (Fsp3) is 0.333. The molecule has 7 nitrogen and oxygen atoms in total. The van der Waals surface area contributed by atoms with Gasteiger partial charge in [0.25, 0.3) is 17.7 Å². The van der Waals surface area contributed by atoms with Crippen molar-refractivity contribution in [1.29, 1.82) is 0 Å². The van der Waals surface area contributed by atoms with Crippen molar-refractivity contribution >= 4 is 23.7 Å². The Labute approximate surface area is 181 Å². The molecule has 7 heteroatoms. The Balaban J connectivity index is 1.65. The Kier molecular flexibility index (Phi) is 7.18. The highest BCUT2D eigenvalue weighted by molar-refractivity contribution is 6.22. The predicted octanol–water partition coefficient (Wildman–Crippen LogP) is 3.26. The van der Waals surface area contributed by atoms with Gasteiger partial charge in [-0.2, -0.15) is 0 Å². The fourth-order valence-corrected chi connectivity index (χ4v) is 3.58. The van der Waals surface area contributed by atoms with Crippen LogP contribution in [-0.2, 0) is 14.3 Å². The van der Waals surface area contributed by atoms with E-state index in [-0.39, 0.29) is 23.6 Å². The van der Waals surface area contributed by atoms with Crippen LogP contribution in [0.2, 0.25) is 0 Å². The van der Waals surface area contributed by atoms with Crippen LogP contribution in [0.3, 0.4) is 0 Å². The molecule has 2 aromatic carbocycles. The fourth-order valence-electron chi connectivity index (χ4n) is 3.58. The van der Waals surface area contributed by atoms with Gasteiger partial charge in [0.1, 0.15) is 6.04 Å². The summed E-state index contributed by atoms with van der Waals surface area (Å²) in [5.41, 5.74) is 1.47. The maximum Gasteiger partial charge on any atom is 0.329 e. The van der Waals surface area contributed by atoms with E-state index in [0.717, 1.165) is 16.9 Å². The van der Waals surface area contributed by atoms with E-state index in [1.807, 2.05) is 44.2 Å². The van der Waals surface area contributed by atoms with Crippen LogP contribution in [0.1, 0.15) is 65.4 Å². The molecule has 2 atom stereocenters. The molecule has 0 unspecified atom stereocenters. The molecule has 0 spiro atoms. The second kappa shape index (κ2) is 10.0. The molecule has 0 radical (unpaired) electrons. The van der Waals surface area contributed by atoms with Gasteiger partial charge in [-0.3, -0.25) is 19.3 Å². The van der Waals surface area contributed by atoms with Gasteiger partial charge in [-0.15, -0.1) is 0 Å². The monoisotopic (exact) mass is 422 g/mol. The second-order valence-corrected chi connectivity index (χ2v) is 7.49. The minimum Gasteiger partial charge on any atom is -0.454 e. The Morgan fingerprint density at radius 3 is 2.13 bits per heavy atom. The van der Waals surface area contributed by atoms with Gasteiger partial charge in [0.2, 0.25) is 0 Å². The highest BCUT2D eigenvalue weighted by atomic mass is 16.5. The number of imide groups is 1. The van der Waals surface area contributed by atoms with Crippen molar-refractivity contribution in [3.05, 3.63) is 71.3 Å².